The second-order valence-electron chi connectivity index (χ2n) is 2.90. The highest BCUT2D eigenvalue weighted by molar-refractivity contribution is 5.49. The second kappa shape index (κ2) is 4.66. The van der Waals surface area contributed by atoms with Crippen LogP contribution in [0.3, 0.4) is 0 Å². The van der Waals surface area contributed by atoms with E-state index >= 15 is 0 Å². The van der Waals surface area contributed by atoms with E-state index in [4.69, 9.17) is 16.7 Å². The number of halogens is 2. The van der Waals surface area contributed by atoms with Gasteiger partial charge >= 0.3 is 0 Å². The third-order valence-electron chi connectivity index (χ3n) is 2.04. The van der Waals surface area contributed by atoms with Crippen molar-refractivity contribution in [2.24, 2.45) is 5.73 Å². The van der Waals surface area contributed by atoms with Crippen LogP contribution in [-0.4, -0.2) is 4.98 Å². The van der Waals surface area contributed by atoms with Gasteiger partial charge in [-0.05, 0) is 11.1 Å². The SMILES string of the molecule is N#CCc1c(CN)cnc(N)c1C(F)F. The molecule has 0 fully saturated rings. The zero-order valence-corrected chi connectivity index (χ0v) is 7.87. The van der Waals surface area contributed by atoms with Crippen molar-refractivity contribution < 1.29 is 8.78 Å². The Kier molecular flexibility index (Phi) is 3.52. The molecular formula is C9H10F2N4. The number of pyridine rings is 1. The Morgan fingerprint density at radius 3 is 2.67 bits per heavy atom. The quantitative estimate of drug-likeness (QED) is 0.785. The van der Waals surface area contributed by atoms with Gasteiger partial charge in [-0.15, -0.1) is 0 Å². The molecule has 1 heterocycles. The predicted molar refractivity (Wildman–Crippen MR) is 50.8 cm³/mol. The van der Waals surface area contributed by atoms with E-state index in [2.05, 4.69) is 4.98 Å². The smallest absolute Gasteiger partial charge is 0.267 e. The monoisotopic (exact) mass is 212 g/mol. The molecule has 0 bridgehead atoms. The maximum atomic E-state index is 12.7. The summed E-state index contributed by atoms with van der Waals surface area (Å²) in [5.41, 5.74) is 11.0. The largest absolute Gasteiger partial charge is 0.383 e. The standard InChI is InChI=1S/C9H10F2N4/c10-8(11)7-6(1-2-12)5(3-13)4-15-9(7)14/h4,8H,1,3,13H2,(H2,14,15). The molecule has 0 saturated carbocycles. The average Bonchev–Trinajstić information content (AvgIpc) is 2.18. The first-order chi connectivity index (χ1) is 7.11. The molecule has 0 atom stereocenters. The summed E-state index contributed by atoms with van der Waals surface area (Å²) in [4.78, 5) is 3.62. The van der Waals surface area contributed by atoms with Crippen LogP contribution in [0.4, 0.5) is 14.6 Å². The van der Waals surface area contributed by atoms with Crippen molar-refractivity contribution >= 4 is 5.82 Å². The summed E-state index contributed by atoms with van der Waals surface area (Å²) in [7, 11) is 0. The van der Waals surface area contributed by atoms with Crippen molar-refractivity contribution in [2.45, 2.75) is 19.4 Å². The molecule has 0 aliphatic rings. The topological polar surface area (TPSA) is 88.7 Å². The molecule has 1 aromatic rings. The van der Waals surface area contributed by atoms with Gasteiger partial charge in [0, 0.05) is 12.7 Å². The van der Waals surface area contributed by atoms with Crippen LogP contribution < -0.4 is 11.5 Å². The Balaban J connectivity index is 3.38. The molecular weight excluding hydrogens is 202 g/mol. The highest BCUT2D eigenvalue weighted by atomic mass is 19.3. The maximum Gasteiger partial charge on any atom is 0.267 e. The third-order valence-corrected chi connectivity index (χ3v) is 2.04. The molecule has 0 aliphatic carbocycles. The molecule has 6 heteroatoms. The van der Waals surface area contributed by atoms with Gasteiger partial charge in [0.2, 0.25) is 0 Å². The van der Waals surface area contributed by atoms with Crippen LogP contribution in [-0.2, 0) is 13.0 Å². The number of hydrogen-bond donors (Lipinski definition) is 2. The lowest BCUT2D eigenvalue weighted by atomic mass is 10.0. The molecule has 0 radical (unpaired) electrons. The highest BCUT2D eigenvalue weighted by Gasteiger charge is 2.20. The fraction of sp³-hybridized carbons (Fsp3) is 0.333. The van der Waals surface area contributed by atoms with E-state index in [-0.39, 0.29) is 29.9 Å². The fourth-order valence-corrected chi connectivity index (χ4v) is 1.33. The maximum absolute atomic E-state index is 12.7. The Labute approximate surface area is 85.5 Å². The van der Waals surface area contributed by atoms with Gasteiger partial charge in [-0.1, -0.05) is 0 Å². The minimum Gasteiger partial charge on any atom is -0.383 e. The first-order valence-corrected chi connectivity index (χ1v) is 4.23. The number of nitriles is 1. The summed E-state index contributed by atoms with van der Waals surface area (Å²) in [6.07, 6.45) is -1.56. The Morgan fingerprint density at radius 2 is 2.20 bits per heavy atom. The zero-order chi connectivity index (χ0) is 11.4. The van der Waals surface area contributed by atoms with E-state index in [1.807, 2.05) is 6.07 Å². The number of nitrogens with two attached hydrogens (primary N) is 2. The molecule has 0 spiro atoms. The summed E-state index contributed by atoms with van der Waals surface area (Å²) < 4.78 is 25.3. The van der Waals surface area contributed by atoms with Crippen LogP contribution >= 0.6 is 0 Å². The molecule has 4 nitrogen and oxygen atoms in total. The second-order valence-corrected chi connectivity index (χ2v) is 2.90. The van der Waals surface area contributed by atoms with Gasteiger partial charge in [-0.2, -0.15) is 5.26 Å². The Hall–Kier alpha value is -1.74. The van der Waals surface area contributed by atoms with Gasteiger partial charge in [0.15, 0.2) is 0 Å². The molecule has 0 amide bonds. The lowest BCUT2D eigenvalue weighted by Gasteiger charge is -2.12. The number of alkyl halides is 2. The van der Waals surface area contributed by atoms with E-state index < -0.39 is 6.43 Å². The first-order valence-electron chi connectivity index (χ1n) is 4.23. The molecule has 0 saturated heterocycles. The average molecular weight is 212 g/mol. The van der Waals surface area contributed by atoms with E-state index in [0.717, 1.165) is 0 Å². The van der Waals surface area contributed by atoms with E-state index in [0.29, 0.717) is 5.56 Å². The van der Waals surface area contributed by atoms with Crippen LogP contribution in [0, 0.1) is 11.3 Å². The molecule has 0 aromatic carbocycles. The van der Waals surface area contributed by atoms with Crippen molar-refractivity contribution in [3.63, 3.8) is 0 Å². The number of nitrogens with zero attached hydrogens (tertiary/aromatic N) is 2. The Morgan fingerprint density at radius 1 is 1.53 bits per heavy atom. The molecule has 4 N–H and O–H groups in total. The van der Waals surface area contributed by atoms with E-state index in [1.54, 1.807) is 0 Å². The van der Waals surface area contributed by atoms with E-state index in [9.17, 15) is 8.78 Å². The molecule has 0 aliphatic heterocycles. The van der Waals surface area contributed by atoms with Crippen LogP contribution in [0.25, 0.3) is 0 Å². The third kappa shape index (κ3) is 2.19. The molecule has 15 heavy (non-hydrogen) atoms. The fourth-order valence-electron chi connectivity index (χ4n) is 1.33. The summed E-state index contributed by atoms with van der Waals surface area (Å²) in [5.74, 6) is -0.243. The van der Waals surface area contributed by atoms with Gasteiger partial charge in [0.25, 0.3) is 6.43 Å². The number of nitrogen functional groups attached to an aromatic ring is 1. The van der Waals surface area contributed by atoms with Gasteiger partial charge in [0.05, 0.1) is 18.1 Å². The molecule has 1 rings (SSSR count). The lowest BCUT2D eigenvalue weighted by molar-refractivity contribution is 0.151. The van der Waals surface area contributed by atoms with Crippen LogP contribution in [0.5, 0.6) is 0 Å². The summed E-state index contributed by atoms with van der Waals surface area (Å²) in [5, 5.41) is 8.54. The van der Waals surface area contributed by atoms with Crippen molar-refractivity contribution in [1.82, 2.24) is 4.98 Å². The number of anilines is 1. The minimum atomic E-state index is -2.74. The summed E-state index contributed by atoms with van der Waals surface area (Å²) in [6, 6.07) is 1.81. The predicted octanol–water partition coefficient (Wildman–Crippen LogP) is 1.13. The van der Waals surface area contributed by atoms with Gasteiger partial charge in [-0.3, -0.25) is 0 Å². The number of aromatic nitrogens is 1. The molecule has 0 unspecified atom stereocenters. The lowest BCUT2D eigenvalue weighted by Crippen LogP contribution is -2.09. The van der Waals surface area contributed by atoms with Crippen molar-refractivity contribution in [2.75, 3.05) is 5.73 Å². The van der Waals surface area contributed by atoms with Gasteiger partial charge in [-0.25, -0.2) is 13.8 Å². The molecule has 80 valence electrons. The summed E-state index contributed by atoms with van der Waals surface area (Å²) >= 11 is 0. The normalized spacial score (nSPS) is 10.3. The van der Waals surface area contributed by atoms with Crippen LogP contribution in [0.2, 0.25) is 0 Å². The van der Waals surface area contributed by atoms with Crippen molar-refractivity contribution in [1.29, 1.82) is 5.26 Å². The van der Waals surface area contributed by atoms with Crippen LogP contribution in [0.1, 0.15) is 23.1 Å². The minimum absolute atomic E-state index is 0.0595. The Bertz CT molecular complexity index is 398. The van der Waals surface area contributed by atoms with Crippen molar-refractivity contribution in [3.05, 3.63) is 22.9 Å². The van der Waals surface area contributed by atoms with E-state index in [1.165, 1.54) is 6.20 Å². The van der Waals surface area contributed by atoms with Gasteiger partial charge in [0.1, 0.15) is 5.82 Å². The zero-order valence-electron chi connectivity index (χ0n) is 7.87. The summed E-state index contributed by atoms with van der Waals surface area (Å²) in [6.45, 7) is 0.0595. The van der Waals surface area contributed by atoms with Gasteiger partial charge < -0.3 is 11.5 Å². The first kappa shape index (κ1) is 11.3. The number of hydrogen-bond acceptors (Lipinski definition) is 4. The number of rotatable bonds is 3. The molecule has 1 aromatic heterocycles. The highest BCUT2D eigenvalue weighted by Crippen LogP contribution is 2.29. The van der Waals surface area contributed by atoms with Crippen LogP contribution in [0.15, 0.2) is 6.20 Å². The van der Waals surface area contributed by atoms with Crippen molar-refractivity contribution in [3.8, 4) is 6.07 Å².